The van der Waals surface area contributed by atoms with Crippen LogP contribution in [0.3, 0.4) is 0 Å². The smallest absolute Gasteiger partial charge is 0.336 e. The number of hydrogen-bond donors (Lipinski definition) is 3. The van der Waals surface area contributed by atoms with Crippen molar-refractivity contribution in [2.24, 2.45) is 0 Å². The zero-order valence-corrected chi connectivity index (χ0v) is 10.1. The fourth-order valence-corrected chi connectivity index (χ4v) is 1.36. The first kappa shape index (κ1) is 13.0. The van der Waals surface area contributed by atoms with Gasteiger partial charge in [0, 0.05) is 11.7 Å². The fourth-order valence-electron chi connectivity index (χ4n) is 1.36. The molecule has 17 heavy (non-hydrogen) atoms. The molecule has 0 saturated carbocycles. The van der Waals surface area contributed by atoms with Crippen LogP contribution in [0.2, 0.25) is 0 Å². The van der Waals surface area contributed by atoms with E-state index in [0.717, 1.165) is 0 Å². The molecule has 0 aliphatic rings. The fraction of sp³-hybridized carbons (Fsp3) is 0.333. The number of rotatable bonds is 3. The molecular formula is C12H16N2O3. The van der Waals surface area contributed by atoms with Crippen molar-refractivity contribution in [3.05, 3.63) is 29.3 Å². The van der Waals surface area contributed by atoms with Gasteiger partial charge in [-0.3, -0.25) is 0 Å². The lowest BCUT2D eigenvalue weighted by molar-refractivity contribution is 0.0696. The molecule has 3 N–H and O–H groups in total. The third-order valence-electron chi connectivity index (χ3n) is 2.15. The second kappa shape index (κ2) is 5.34. The molecular weight excluding hydrogens is 220 g/mol. The first-order chi connectivity index (χ1) is 7.90. The van der Waals surface area contributed by atoms with Crippen LogP contribution in [0.4, 0.5) is 10.5 Å². The summed E-state index contributed by atoms with van der Waals surface area (Å²) in [6.07, 6.45) is 0. The van der Waals surface area contributed by atoms with Gasteiger partial charge in [0.25, 0.3) is 0 Å². The second-order valence-corrected chi connectivity index (χ2v) is 4.09. The Kier molecular flexibility index (Phi) is 4.09. The Labute approximate surface area is 99.8 Å². The molecule has 0 aliphatic heterocycles. The lowest BCUT2D eigenvalue weighted by Gasteiger charge is -2.11. The molecule has 5 nitrogen and oxygen atoms in total. The van der Waals surface area contributed by atoms with E-state index in [9.17, 15) is 9.59 Å². The molecule has 2 amide bonds. The summed E-state index contributed by atoms with van der Waals surface area (Å²) < 4.78 is 0. The van der Waals surface area contributed by atoms with E-state index in [-0.39, 0.29) is 17.6 Å². The van der Waals surface area contributed by atoms with E-state index >= 15 is 0 Å². The van der Waals surface area contributed by atoms with Gasteiger partial charge in [0.05, 0.1) is 5.56 Å². The number of urea groups is 1. The normalized spacial score (nSPS) is 10.1. The Morgan fingerprint density at radius 2 is 1.94 bits per heavy atom. The van der Waals surface area contributed by atoms with Crippen molar-refractivity contribution in [1.29, 1.82) is 0 Å². The molecule has 0 aliphatic carbocycles. The highest BCUT2D eigenvalue weighted by Gasteiger charge is 2.09. The van der Waals surface area contributed by atoms with Gasteiger partial charge < -0.3 is 15.7 Å². The second-order valence-electron chi connectivity index (χ2n) is 4.09. The van der Waals surface area contributed by atoms with Gasteiger partial charge in [0.1, 0.15) is 0 Å². The van der Waals surface area contributed by atoms with Crippen LogP contribution in [0.15, 0.2) is 18.2 Å². The van der Waals surface area contributed by atoms with Gasteiger partial charge in [-0.2, -0.15) is 0 Å². The first-order valence-corrected chi connectivity index (χ1v) is 5.31. The first-order valence-electron chi connectivity index (χ1n) is 5.31. The molecule has 1 rings (SSSR count). The van der Waals surface area contributed by atoms with Gasteiger partial charge in [-0.25, -0.2) is 9.59 Å². The van der Waals surface area contributed by atoms with E-state index in [2.05, 4.69) is 10.6 Å². The summed E-state index contributed by atoms with van der Waals surface area (Å²) in [5, 5.41) is 14.2. The van der Waals surface area contributed by atoms with Crippen molar-refractivity contribution in [3.8, 4) is 0 Å². The minimum absolute atomic E-state index is 0.0272. The maximum absolute atomic E-state index is 11.4. The van der Waals surface area contributed by atoms with Gasteiger partial charge in [0.15, 0.2) is 0 Å². The molecule has 92 valence electrons. The monoisotopic (exact) mass is 236 g/mol. The Morgan fingerprint density at radius 3 is 2.47 bits per heavy atom. The summed E-state index contributed by atoms with van der Waals surface area (Å²) in [6, 6.07) is 4.45. The average Bonchev–Trinajstić information content (AvgIpc) is 2.19. The number of nitrogens with one attached hydrogen (secondary N) is 2. The number of aromatic carboxylic acids is 1. The molecule has 0 bridgehead atoms. The predicted octanol–water partition coefficient (Wildman–Crippen LogP) is 2.22. The molecule has 0 heterocycles. The van der Waals surface area contributed by atoms with Gasteiger partial charge in [-0.05, 0) is 38.5 Å². The predicted molar refractivity (Wildman–Crippen MR) is 65.4 cm³/mol. The number of hydrogen-bond acceptors (Lipinski definition) is 2. The standard InChI is InChI=1S/C12H16N2O3/c1-7(2)13-12(17)14-9-5-4-8(3)10(6-9)11(15)16/h4-7H,1-3H3,(H,15,16)(H2,13,14,17). The molecule has 0 aromatic heterocycles. The molecule has 0 spiro atoms. The number of anilines is 1. The van der Waals surface area contributed by atoms with Crippen molar-refractivity contribution < 1.29 is 14.7 Å². The summed E-state index contributed by atoms with van der Waals surface area (Å²) in [5.74, 6) is -1.00. The molecule has 0 radical (unpaired) electrons. The zero-order valence-electron chi connectivity index (χ0n) is 10.1. The van der Waals surface area contributed by atoms with Crippen LogP contribution < -0.4 is 10.6 Å². The molecule has 0 atom stereocenters. The van der Waals surface area contributed by atoms with Crippen molar-refractivity contribution in [2.45, 2.75) is 26.8 Å². The summed E-state index contributed by atoms with van der Waals surface area (Å²) >= 11 is 0. The summed E-state index contributed by atoms with van der Waals surface area (Å²) in [6.45, 7) is 5.40. The topological polar surface area (TPSA) is 78.4 Å². The van der Waals surface area contributed by atoms with Gasteiger partial charge in [-0.1, -0.05) is 6.07 Å². The van der Waals surface area contributed by atoms with Crippen LogP contribution >= 0.6 is 0 Å². The zero-order chi connectivity index (χ0) is 13.0. The van der Waals surface area contributed by atoms with E-state index in [1.807, 2.05) is 13.8 Å². The summed E-state index contributed by atoms with van der Waals surface area (Å²) in [7, 11) is 0. The number of aryl methyl sites for hydroxylation is 1. The highest BCUT2D eigenvalue weighted by Crippen LogP contribution is 2.15. The van der Waals surface area contributed by atoms with Gasteiger partial charge in [0.2, 0.25) is 0 Å². The number of carbonyl (C=O) groups is 2. The molecule has 1 aromatic rings. The van der Waals surface area contributed by atoms with Crippen LogP contribution in [0.5, 0.6) is 0 Å². The number of carbonyl (C=O) groups excluding carboxylic acids is 1. The van der Waals surface area contributed by atoms with Crippen LogP contribution in [-0.2, 0) is 0 Å². The van der Waals surface area contributed by atoms with Crippen LogP contribution in [0, 0.1) is 6.92 Å². The average molecular weight is 236 g/mol. The molecule has 0 fully saturated rings. The van der Waals surface area contributed by atoms with Gasteiger partial charge in [-0.15, -0.1) is 0 Å². The lowest BCUT2D eigenvalue weighted by atomic mass is 10.1. The van der Waals surface area contributed by atoms with Crippen LogP contribution in [0.1, 0.15) is 29.8 Å². The molecule has 5 heteroatoms. The Morgan fingerprint density at radius 1 is 1.29 bits per heavy atom. The molecule has 1 aromatic carbocycles. The summed E-state index contributed by atoms with van der Waals surface area (Å²) in [5.41, 5.74) is 1.31. The van der Waals surface area contributed by atoms with Crippen molar-refractivity contribution in [2.75, 3.05) is 5.32 Å². The summed E-state index contributed by atoms with van der Waals surface area (Å²) in [4.78, 5) is 22.3. The van der Waals surface area contributed by atoms with E-state index in [1.165, 1.54) is 6.07 Å². The highest BCUT2D eigenvalue weighted by molar-refractivity contribution is 5.94. The number of benzene rings is 1. The number of carboxylic acid groups (broad SMARTS) is 1. The minimum Gasteiger partial charge on any atom is -0.478 e. The maximum Gasteiger partial charge on any atom is 0.336 e. The third-order valence-corrected chi connectivity index (χ3v) is 2.15. The third kappa shape index (κ3) is 3.79. The highest BCUT2D eigenvalue weighted by atomic mass is 16.4. The SMILES string of the molecule is Cc1ccc(NC(=O)NC(C)C)cc1C(=O)O. The van der Waals surface area contributed by atoms with Crippen molar-refractivity contribution in [3.63, 3.8) is 0 Å². The van der Waals surface area contributed by atoms with Crippen LogP contribution in [0.25, 0.3) is 0 Å². The van der Waals surface area contributed by atoms with Crippen molar-refractivity contribution in [1.82, 2.24) is 5.32 Å². The Hall–Kier alpha value is -2.04. The number of amides is 2. The quantitative estimate of drug-likeness (QED) is 0.753. The molecule has 0 saturated heterocycles. The van der Waals surface area contributed by atoms with E-state index in [4.69, 9.17) is 5.11 Å². The molecule has 0 unspecified atom stereocenters. The lowest BCUT2D eigenvalue weighted by Crippen LogP contribution is -2.34. The Balaban J connectivity index is 2.82. The Bertz CT molecular complexity index is 441. The largest absolute Gasteiger partial charge is 0.478 e. The van der Waals surface area contributed by atoms with Crippen molar-refractivity contribution >= 4 is 17.7 Å². The van der Waals surface area contributed by atoms with E-state index < -0.39 is 5.97 Å². The van der Waals surface area contributed by atoms with Crippen LogP contribution in [-0.4, -0.2) is 23.1 Å². The van der Waals surface area contributed by atoms with E-state index in [1.54, 1.807) is 19.1 Å². The van der Waals surface area contributed by atoms with Gasteiger partial charge >= 0.3 is 12.0 Å². The minimum atomic E-state index is -1.00. The maximum atomic E-state index is 11.4. The van der Waals surface area contributed by atoms with E-state index in [0.29, 0.717) is 11.3 Å². The number of carboxylic acids is 1.